The van der Waals surface area contributed by atoms with Crippen molar-refractivity contribution in [2.45, 2.75) is 17.9 Å². The number of sulfonamides is 1. The molecule has 0 spiro atoms. The first-order chi connectivity index (χ1) is 10.5. The van der Waals surface area contributed by atoms with E-state index in [2.05, 4.69) is 4.72 Å². The van der Waals surface area contributed by atoms with E-state index in [1.807, 2.05) is 43.3 Å². The Morgan fingerprint density at radius 1 is 1.09 bits per heavy atom. The Morgan fingerprint density at radius 3 is 2.32 bits per heavy atom. The second-order valence-corrected chi connectivity index (χ2v) is 6.52. The zero-order valence-corrected chi connectivity index (χ0v) is 12.9. The Hall–Kier alpha value is -2.42. The van der Waals surface area contributed by atoms with Crippen molar-refractivity contribution in [1.82, 2.24) is 4.72 Å². The minimum atomic E-state index is -3.72. The van der Waals surface area contributed by atoms with E-state index in [0.29, 0.717) is 0 Å². The lowest BCUT2D eigenvalue weighted by Crippen LogP contribution is -2.32. The van der Waals surface area contributed by atoms with Crippen molar-refractivity contribution in [3.05, 3.63) is 71.8 Å². The molecular weight excluding hydrogens is 296 g/mol. The summed E-state index contributed by atoms with van der Waals surface area (Å²) in [7, 11) is -3.72. The lowest BCUT2D eigenvalue weighted by Gasteiger charge is -2.09. The summed E-state index contributed by atoms with van der Waals surface area (Å²) < 4.78 is 26.8. The maximum atomic E-state index is 12.2. The SMILES string of the molecule is Cc1ccc(S(=O)(=O)N[C@H](C#N)/C=C/c2ccccc2)cc1. The van der Waals surface area contributed by atoms with Crippen LogP contribution in [0.5, 0.6) is 0 Å². The van der Waals surface area contributed by atoms with Crippen LogP contribution in [0.4, 0.5) is 0 Å². The molecule has 2 aromatic rings. The van der Waals surface area contributed by atoms with Gasteiger partial charge in [0.1, 0.15) is 6.04 Å². The highest BCUT2D eigenvalue weighted by molar-refractivity contribution is 7.89. The first-order valence-electron chi connectivity index (χ1n) is 6.73. The lowest BCUT2D eigenvalue weighted by atomic mass is 10.2. The van der Waals surface area contributed by atoms with E-state index < -0.39 is 16.1 Å². The van der Waals surface area contributed by atoms with Gasteiger partial charge in [0.2, 0.25) is 10.0 Å². The van der Waals surface area contributed by atoms with Gasteiger partial charge in [-0.2, -0.15) is 9.98 Å². The van der Waals surface area contributed by atoms with Gasteiger partial charge in [-0.25, -0.2) is 8.42 Å². The lowest BCUT2D eigenvalue weighted by molar-refractivity contribution is 0.581. The summed E-state index contributed by atoms with van der Waals surface area (Å²) >= 11 is 0. The van der Waals surface area contributed by atoms with Crippen LogP contribution in [0.1, 0.15) is 11.1 Å². The molecule has 0 heterocycles. The molecule has 1 atom stereocenters. The largest absolute Gasteiger partial charge is 0.241 e. The topological polar surface area (TPSA) is 70.0 Å². The van der Waals surface area contributed by atoms with Gasteiger partial charge in [-0.1, -0.05) is 60.2 Å². The molecule has 0 radical (unpaired) electrons. The molecule has 1 N–H and O–H groups in total. The van der Waals surface area contributed by atoms with Crippen molar-refractivity contribution < 1.29 is 8.42 Å². The van der Waals surface area contributed by atoms with E-state index >= 15 is 0 Å². The minimum absolute atomic E-state index is 0.145. The molecule has 0 aliphatic heterocycles. The maximum Gasteiger partial charge on any atom is 0.241 e. The number of benzene rings is 2. The van der Waals surface area contributed by atoms with Crippen LogP contribution in [0, 0.1) is 18.3 Å². The number of aryl methyl sites for hydroxylation is 1. The number of hydrogen-bond acceptors (Lipinski definition) is 3. The van der Waals surface area contributed by atoms with Crippen molar-refractivity contribution >= 4 is 16.1 Å². The molecule has 0 fully saturated rings. The predicted molar refractivity (Wildman–Crippen MR) is 86.4 cm³/mol. The molecule has 0 aromatic heterocycles. The highest BCUT2D eigenvalue weighted by Crippen LogP contribution is 2.11. The smallest absolute Gasteiger partial charge is 0.207 e. The van der Waals surface area contributed by atoms with Crippen molar-refractivity contribution in [1.29, 1.82) is 5.26 Å². The third-order valence-electron chi connectivity index (χ3n) is 3.03. The number of nitrogens with zero attached hydrogens (tertiary/aromatic N) is 1. The third kappa shape index (κ3) is 4.29. The summed E-state index contributed by atoms with van der Waals surface area (Å²) in [6, 6.07) is 16.9. The summed E-state index contributed by atoms with van der Waals surface area (Å²) in [4.78, 5) is 0.145. The third-order valence-corrected chi connectivity index (χ3v) is 4.49. The van der Waals surface area contributed by atoms with Crippen LogP contribution >= 0.6 is 0 Å². The molecule has 0 aliphatic rings. The molecular formula is C17H16N2O2S. The molecule has 2 aromatic carbocycles. The summed E-state index contributed by atoms with van der Waals surface area (Å²) in [5, 5.41) is 9.13. The highest BCUT2D eigenvalue weighted by Gasteiger charge is 2.17. The average molecular weight is 312 g/mol. The quantitative estimate of drug-likeness (QED) is 0.923. The van der Waals surface area contributed by atoms with Crippen molar-refractivity contribution in [2.75, 3.05) is 0 Å². The fourth-order valence-corrected chi connectivity index (χ4v) is 2.93. The second kappa shape index (κ2) is 7.03. The van der Waals surface area contributed by atoms with Gasteiger partial charge in [0, 0.05) is 0 Å². The van der Waals surface area contributed by atoms with Gasteiger partial charge < -0.3 is 0 Å². The molecule has 0 saturated heterocycles. The van der Waals surface area contributed by atoms with E-state index in [1.54, 1.807) is 18.2 Å². The van der Waals surface area contributed by atoms with Crippen LogP contribution in [0.25, 0.3) is 6.08 Å². The Bertz CT molecular complexity index is 789. The molecule has 0 amide bonds. The molecule has 4 nitrogen and oxygen atoms in total. The van der Waals surface area contributed by atoms with Crippen LogP contribution in [-0.4, -0.2) is 14.5 Å². The zero-order valence-electron chi connectivity index (χ0n) is 12.1. The number of nitriles is 1. The van der Waals surface area contributed by atoms with Crippen LogP contribution in [-0.2, 0) is 10.0 Å². The maximum absolute atomic E-state index is 12.2. The Balaban J connectivity index is 2.14. The summed E-state index contributed by atoms with van der Waals surface area (Å²) in [5.41, 5.74) is 1.87. The molecule has 0 unspecified atom stereocenters. The zero-order chi connectivity index (χ0) is 16.0. The van der Waals surface area contributed by atoms with Crippen LogP contribution in [0.2, 0.25) is 0 Å². The van der Waals surface area contributed by atoms with Gasteiger partial charge in [-0.05, 0) is 24.6 Å². The van der Waals surface area contributed by atoms with E-state index in [-0.39, 0.29) is 4.90 Å². The van der Waals surface area contributed by atoms with Crippen LogP contribution < -0.4 is 4.72 Å². The van der Waals surface area contributed by atoms with E-state index in [9.17, 15) is 8.42 Å². The Labute approximate surface area is 130 Å². The van der Waals surface area contributed by atoms with Gasteiger partial charge in [-0.15, -0.1) is 0 Å². The first kappa shape index (κ1) is 16.0. The minimum Gasteiger partial charge on any atom is -0.207 e. The number of hydrogen-bond donors (Lipinski definition) is 1. The van der Waals surface area contributed by atoms with Gasteiger partial charge in [0.25, 0.3) is 0 Å². The second-order valence-electron chi connectivity index (χ2n) is 4.81. The predicted octanol–water partition coefficient (Wildman–Crippen LogP) is 2.88. The molecule has 5 heteroatoms. The van der Waals surface area contributed by atoms with E-state index in [0.717, 1.165) is 11.1 Å². The van der Waals surface area contributed by atoms with Gasteiger partial charge in [0.15, 0.2) is 0 Å². The standard InChI is InChI=1S/C17H16N2O2S/c1-14-7-11-17(12-8-14)22(20,21)19-16(13-18)10-9-15-5-3-2-4-6-15/h2-12,16,19H,1H3/b10-9+/t16-/m0/s1. The van der Waals surface area contributed by atoms with Crippen LogP contribution in [0.15, 0.2) is 65.6 Å². The molecule has 0 bridgehead atoms. The monoisotopic (exact) mass is 312 g/mol. The summed E-state index contributed by atoms with van der Waals surface area (Å²) in [5.74, 6) is 0. The number of nitrogens with one attached hydrogen (secondary N) is 1. The van der Waals surface area contributed by atoms with Crippen molar-refractivity contribution in [3.8, 4) is 6.07 Å². The van der Waals surface area contributed by atoms with Crippen molar-refractivity contribution in [3.63, 3.8) is 0 Å². The fourth-order valence-electron chi connectivity index (χ4n) is 1.83. The molecule has 0 saturated carbocycles. The Kier molecular flexibility index (Phi) is 5.10. The van der Waals surface area contributed by atoms with Crippen molar-refractivity contribution in [2.24, 2.45) is 0 Å². The van der Waals surface area contributed by atoms with E-state index in [4.69, 9.17) is 5.26 Å². The first-order valence-corrected chi connectivity index (χ1v) is 8.21. The summed E-state index contributed by atoms with van der Waals surface area (Å²) in [6.45, 7) is 1.88. The molecule has 22 heavy (non-hydrogen) atoms. The normalized spacial score (nSPS) is 12.9. The van der Waals surface area contributed by atoms with Gasteiger partial charge >= 0.3 is 0 Å². The molecule has 0 aliphatic carbocycles. The highest BCUT2D eigenvalue weighted by atomic mass is 32.2. The Morgan fingerprint density at radius 2 is 1.73 bits per heavy atom. The average Bonchev–Trinajstić information content (AvgIpc) is 2.52. The van der Waals surface area contributed by atoms with Gasteiger partial charge in [0.05, 0.1) is 11.0 Å². The molecule has 112 valence electrons. The summed E-state index contributed by atoms with van der Waals surface area (Å²) in [6.07, 6.45) is 3.24. The van der Waals surface area contributed by atoms with Gasteiger partial charge in [-0.3, -0.25) is 0 Å². The van der Waals surface area contributed by atoms with Crippen LogP contribution in [0.3, 0.4) is 0 Å². The molecule has 2 rings (SSSR count). The van der Waals surface area contributed by atoms with E-state index in [1.165, 1.54) is 18.2 Å². The number of rotatable bonds is 5. The fraction of sp³-hybridized carbons (Fsp3) is 0.118.